The summed E-state index contributed by atoms with van der Waals surface area (Å²) in [5, 5.41) is 17.6. The molecule has 1 nitrogen and oxygen atoms in total. The Morgan fingerprint density at radius 1 is 0.564 bits per heavy atom. The van der Waals surface area contributed by atoms with E-state index < -0.39 is 13.7 Å². The summed E-state index contributed by atoms with van der Waals surface area (Å²) >= 11 is 0. The minimum atomic E-state index is -2.88. The Labute approximate surface area is 237 Å². The van der Waals surface area contributed by atoms with Crippen molar-refractivity contribution in [1.29, 1.82) is 0 Å². The van der Waals surface area contributed by atoms with Gasteiger partial charge in [-0.15, -0.1) is 0 Å². The van der Waals surface area contributed by atoms with Gasteiger partial charge in [0.15, 0.2) is 8.07 Å². The molecule has 0 saturated heterocycles. The zero-order valence-corrected chi connectivity index (χ0v) is 24.6. The lowest BCUT2D eigenvalue weighted by Gasteiger charge is -2.44. The predicted molar refractivity (Wildman–Crippen MR) is 171 cm³/mol. The van der Waals surface area contributed by atoms with Crippen LogP contribution in [0.4, 0.5) is 0 Å². The topological polar surface area (TPSA) is 20.2 Å². The second-order valence-corrected chi connectivity index (χ2v) is 14.6. The molecule has 0 radical (unpaired) electrons. The molecule has 0 aliphatic carbocycles. The number of hydrogen-bond acceptors (Lipinski definition) is 1. The molecular weight excluding hydrogens is 488 g/mol. The van der Waals surface area contributed by atoms with Gasteiger partial charge in [0.05, 0.1) is 0 Å². The maximum atomic E-state index is 12.9. The van der Waals surface area contributed by atoms with Gasteiger partial charge in [-0.25, -0.2) is 0 Å². The molecule has 1 atom stereocenters. The third kappa shape index (κ3) is 6.51. The van der Waals surface area contributed by atoms with Crippen LogP contribution < -0.4 is 15.6 Å². The van der Waals surface area contributed by atoms with E-state index in [1.807, 2.05) is 18.2 Å². The number of aliphatic hydroxyl groups is 1. The van der Waals surface area contributed by atoms with Crippen molar-refractivity contribution in [3.8, 4) is 0 Å². The number of unbranched alkanes of at least 4 members (excludes halogenated alkanes) is 7. The zero-order valence-electron chi connectivity index (χ0n) is 23.6. The monoisotopic (exact) mass is 532 g/mol. The summed E-state index contributed by atoms with van der Waals surface area (Å²) in [6.45, 7) is 7.13. The normalized spacial score (nSPS) is 13.1. The van der Waals surface area contributed by atoms with E-state index in [0.29, 0.717) is 6.42 Å². The van der Waals surface area contributed by atoms with Crippen LogP contribution in [0, 0.1) is 0 Å². The molecule has 2 heteroatoms. The van der Waals surface area contributed by atoms with Gasteiger partial charge in [-0.2, -0.15) is 0 Å². The van der Waals surface area contributed by atoms with Gasteiger partial charge in [0.1, 0.15) is 5.60 Å². The first kappa shape index (κ1) is 28.8. The van der Waals surface area contributed by atoms with Crippen LogP contribution >= 0.6 is 0 Å². The van der Waals surface area contributed by atoms with Crippen molar-refractivity contribution in [2.45, 2.75) is 70.3 Å². The molecule has 0 aliphatic heterocycles. The van der Waals surface area contributed by atoms with E-state index in [-0.39, 0.29) is 0 Å². The van der Waals surface area contributed by atoms with Crippen molar-refractivity contribution in [3.63, 3.8) is 0 Å². The van der Waals surface area contributed by atoms with Gasteiger partial charge >= 0.3 is 0 Å². The minimum absolute atomic E-state index is 0.673. The molecule has 0 saturated carbocycles. The summed E-state index contributed by atoms with van der Waals surface area (Å²) in [7, 11) is -2.88. The number of benzene rings is 4. The highest BCUT2D eigenvalue weighted by molar-refractivity contribution is 7.16. The Bertz CT molecular complexity index is 1160. The van der Waals surface area contributed by atoms with Gasteiger partial charge in [-0.1, -0.05) is 180 Å². The third-order valence-corrected chi connectivity index (χ3v) is 13.1. The first-order chi connectivity index (χ1) is 19.1. The van der Waals surface area contributed by atoms with Gasteiger partial charge in [-0.3, -0.25) is 0 Å². The molecule has 1 N–H and O–H groups in total. The molecule has 4 rings (SSSR count). The molecule has 39 heavy (non-hydrogen) atoms. The van der Waals surface area contributed by atoms with E-state index in [9.17, 15) is 5.11 Å². The standard InChI is InChI=1S/C37H44OSi/c1-3-4-5-6-7-8-9-22-31-37(38,33-23-14-10-15-24-33)32(2)39(34-25-16-11-17-26-34,35-27-18-12-19-28-35)36-29-20-13-21-30-36/h10-21,23-30,38H,2-9,22,31H2,1H3. The Morgan fingerprint density at radius 3 is 1.33 bits per heavy atom. The van der Waals surface area contributed by atoms with E-state index in [1.165, 1.54) is 54.1 Å². The lowest BCUT2D eigenvalue weighted by Crippen LogP contribution is -2.71. The molecule has 202 valence electrons. The molecule has 1 unspecified atom stereocenters. The van der Waals surface area contributed by atoms with Crippen LogP contribution in [0.25, 0.3) is 0 Å². The molecule has 4 aromatic rings. The highest BCUT2D eigenvalue weighted by atomic mass is 28.3. The second-order valence-electron chi connectivity index (χ2n) is 10.8. The summed E-state index contributed by atoms with van der Waals surface area (Å²) < 4.78 is 0. The maximum absolute atomic E-state index is 12.9. The van der Waals surface area contributed by atoms with Gasteiger partial charge in [0.25, 0.3) is 0 Å². The fourth-order valence-corrected chi connectivity index (χ4v) is 11.1. The molecule has 0 fully saturated rings. The summed E-state index contributed by atoms with van der Waals surface area (Å²) in [5.41, 5.74) is -0.199. The van der Waals surface area contributed by atoms with E-state index in [4.69, 9.17) is 6.58 Å². The fraction of sp³-hybridized carbons (Fsp3) is 0.297. The Kier molecular flexibility index (Phi) is 10.5. The van der Waals surface area contributed by atoms with Crippen molar-refractivity contribution >= 4 is 23.6 Å². The fourth-order valence-electron chi connectivity index (χ4n) is 6.10. The Balaban J connectivity index is 1.79. The first-order valence-corrected chi connectivity index (χ1v) is 16.8. The molecule has 0 bridgehead atoms. The molecule has 0 aromatic heterocycles. The van der Waals surface area contributed by atoms with Gasteiger partial charge in [-0.05, 0) is 39.2 Å². The molecule has 4 aromatic carbocycles. The molecule has 0 amide bonds. The minimum Gasteiger partial charge on any atom is -0.381 e. The first-order valence-electron chi connectivity index (χ1n) is 14.8. The van der Waals surface area contributed by atoms with Crippen LogP contribution in [-0.4, -0.2) is 13.2 Å². The lowest BCUT2D eigenvalue weighted by atomic mass is 9.87. The predicted octanol–water partition coefficient (Wildman–Crippen LogP) is 7.67. The van der Waals surface area contributed by atoms with Crippen LogP contribution in [0.1, 0.15) is 70.3 Å². The second kappa shape index (κ2) is 14.3. The lowest BCUT2D eigenvalue weighted by molar-refractivity contribution is 0.0707. The molecule has 0 aliphatic rings. The van der Waals surface area contributed by atoms with Crippen molar-refractivity contribution in [2.75, 3.05) is 0 Å². The van der Waals surface area contributed by atoms with Gasteiger partial charge in [0, 0.05) is 0 Å². The summed E-state index contributed by atoms with van der Waals surface area (Å²) in [6.07, 6.45) is 10.5. The highest BCUT2D eigenvalue weighted by Crippen LogP contribution is 2.38. The summed E-state index contributed by atoms with van der Waals surface area (Å²) in [4.78, 5) is 0. The van der Waals surface area contributed by atoms with E-state index in [1.54, 1.807) is 0 Å². The van der Waals surface area contributed by atoms with Gasteiger partial charge < -0.3 is 5.11 Å². The van der Waals surface area contributed by atoms with Crippen LogP contribution in [-0.2, 0) is 5.60 Å². The van der Waals surface area contributed by atoms with Crippen molar-refractivity contribution in [3.05, 3.63) is 139 Å². The number of rotatable bonds is 15. The number of hydrogen-bond donors (Lipinski definition) is 1. The van der Waals surface area contributed by atoms with Crippen LogP contribution in [0.15, 0.2) is 133 Å². The Hall–Kier alpha value is -3.20. The van der Waals surface area contributed by atoms with E-state index in [0.717, 1.165) is 23.6 Å². The quantitative estimate of drug-likeness (QED) is 0.0946. The van der Waals surface area contributed by atoms with Crippen molar-refractivity contribution < 1.29 is 5.11 Å². The molecular formula is C37H44OSi. The summed E-state index contributed by atoms with van der Waals surface area (Å²) in [5.74, 6) is 0. The SMILES string of the molecule is C=C(C(O)(CCCCCCCCCC)c1ccccc1)[Si](c1ccccc1)(c1ccccc1)c1ccccc1. The average Bonchev–Trinajstić information content (AvgIpc) is 3.01. The third-order valence-electron chi connectivity index (χ3n) is 8.22. The van der Waals surface area contributed by atoms with Crippen LogP contribution in [0.2, 0.25) is 0 Å². The smallest absolute Gasteiger partial charge is 0.178 e. The van der Waals surface area contributed by atoms with Crippen LogP contribution in [0.5, 0.6) is 0 Å². The molecule has 0 heterocycles. The maximum Gasteiger partial charge on any atom is 0.178 e. The zero-order chi connectivity index (χ0) is 27.4. The van der Waals surface area contributed by atoms with Gasteiger partial charge in [0.2, 0.25) is 0 Å². The summed E-state index contributed by atoms with van der Waals surface area (Å²) in [6, 6.07) is 42.6. The average molecular weight is 533 g/mol. The van der Waals surface area contributed by atoms with Crippen molar-refractivity contribution in [2.24, 2.45) is 0 Å². The largest absolute Gasteiger partial charge is 0.381 e. The van der Waals surface area contributed by atoms with Crippen molar-refractivity contribution in [1.82, 2.24) is 0 Å². The highest BCUT2D eigenvalue weighted by Gasteiger charge is 2.50. The Morgan fingerprint density at radius 2 is 0.923 bits per heavy atom. The van der Waals surface area contributed by atoms with E-state index >= 15 is 0 Å². The molecule has 0 spiro atoms. The van der Waals surface area contributed by atoms with Crippen LogP contribution in [0.3, 0.4) is 0 Å². The van der Waals surface area contributed by atoms with E-state index in [2.05, 4.69) is 110 Å².